The summed E-state index contributed by atoms with van der Waals surface area (Å²) in [5, 5.41) is 7.88. The number of rotatable bonds is 4. The number of para-hydroxylation sites is 1. The van der Waals surface area contributed by atoms with Gasteiger partial charge in [0.05, 0.1) is 11.9 Å². The van der Waals surface area contributed by atoms with Crippen LogP contribution >= 0.6 is 11.8 Å². The molecule has 0 amide bonds. The first kappa shape index (κ1) is 13.6. The Morgan fingerprint density at radius 1 is 1.05 bits per heavy atom. The average molecular weight is 295 g/mol. The van der Waals surface area contributed by atoms with Crippen molar-refractivity contribution in [3.63, 3.8) is 0 Å². The molecular formula is C16H13N3OS. The van der Waals surface area contributed by atoms with Gasteiger partial charge in [-0.2, -0.15) is 0 Å². The Labute approximate surface area is 126 Å². The first-order chi connectivity index (χ1) is 10.3. The first-order valence-corrected chi connectivity index (χ1v) is 7.67. The summed E-state index contributed by atoms with van der Waals surface area (Å²) in [7, 11) is 0. The third-order valence-electron chi connectivity index (χ3n) is 3.13. The molecule has 1 heterocycles. The van der Waals surface area contributed by atoms with Gasteiger partial charge in [0.2, 0.25) is 5.78 Å². The molecule has 0 saturated heterocycles. The lowest BCUT2D eigenvalue weighted by Gasteiger charge is -2.05. The highest BCUT2D eigenvalue weighted by Crippen LogP contribution is 2.18. The van der Waals surface area contributed by atoms with Crippen LogP contribution in [0.25, 0.3) is 5.69 Å². The second-order valence-corrected chi connectivity index (χ2v) is 5.30. The molecular weight excluding hydrogens is 282 g/mol. The van der Waals surface area contributed by atoms with Crippen LogP contribution in [-0.4, -0.2) is 27.0 Å². The molecule has 1 aromatic heterocycles. The Bertz CT molecular complexity index is 751. The van der Waals surface area contributed by atoms with Crippen molar-refractivity contribution < 1.29 is 4.79 Å². The predicted molar refractivity (Wildman–Crippen MR) is 83.0 cm³/mol. The maximum absolute atomic E-state index is 12.6. The van der Waals surface area contributed by atoms with E-state index >= 15 is 0 Å². The minimum Gasteiger partial charge on any atom is -0.287 e. The van der Waals surface area contributed by atoms with Crippen molar-refractivity contribution in [2.45, 2.75) is 4.90 Å². The van der Waals surface area contributed by atoms with Crippen LogP contribution in [0.5, 0.6) is 0 Å². The summed E-state index contributed by atoms with van der Waals surface area (Å²) in [6.07, 6.45) is 3.50. The molecule has 0 saturated carbocycles. The van der Waals surface area contributed by atoms with Gasteiger partial charge < -0.3 is 0 Å². The summed E-state index contributed by atoms with van der Waals surface area (Å²) in [6.45, 7) is 0. The van der Waals surface area contributed by atoms with Crippen LogP contribution in [0.1, 0.15) is 16.1 Å². The SMILES string of the molecule is CSc1ccc(C(=O)c2cnnn2-c2ccccc2)cc1. The first-order valence-electron chi connectivity index (χ1n) is 6.44. The Morgan fingerprint density at radius 3 is 2.43 bits per heavy atom. The van der Waals surface area contributed by atoms with Gasteiger partial charge in [-0.25, -0.2) is 4.68 Å². The molecule has 3 aromatic rings. The van der Waals surface area contributed by atoms with Gasteiger partial charge in [-0.05, 0) is 42.7 Å². The molecule has 4 nitrogen and oxygen atoms in total. The minimum absolute atomic E-state index is 0.0866. The van der Waals surface area contributed by atoms with Crippen LogP contribution in [0.3, 0.4) is 0 Å². The zero-order chi connectivity index (χ0) is 14.7. The zero-order valence-corrected chi connectivity index (χ0v) is 12.2. The summed E-state index contributed by atoms with van der Waals surface area (Å²) in [6, 6.07) is 17.0. The molecule has 0 atom stereocenters. The Balaban J connectivity index is 1.97. The Hall–Kier alpha value is -2.40. The van der Waals surface area contributed by atoms with Crippen LogP contribution in [0.15, 0.2) is 65.7 Å². The van der Waals surface area contributed by atoms with Crippen LogP contribution in [0.2, 0.25) is 0 Å². The Morgan fingerprint density at radius 2 is 1.76 bits per heavy atom. The molecule has 21 heavy (non-hydrogen) atoms. The molecule has 0 fully saturated rings. The van der Waals surface area contributed by atoms with Gasteiger partial charge in [0.15, 0.2) is 0 Å². The highest BCUT2D eigenvalue weighted by molar-refractivity contribution is 7.98. The number of aromatic nitrogens is 3. The predicted octanol–water partition coefficient (Wildman–Crippen LogP) is 3.22. The number of ketones is 1. The topological polar surface area (TPSA) is 47.8 Å². The number of hydrogen-bond acceptors (Lipinski definition) is 4. The number of carbonyl (C=O) groups is 1. The summed E-state index contributed by atoms with van der Waals surface area (Å²) >= 11 is 1.65. The van der Waals surface area contributed by atoms with Gasteiger partial charge in [-0.3, -0.25) is 4.79 Å². The van der Waals surface area contributed by atoms with E-state index in [1.54, 1.807) is 16.4 Å². The standard InChI is InChI=1S/C16H13N3OS/c1-21-14-9-7-12(8-10-14)16(20)15-11-17-18-19(15)13-5-3-2-4-6-13/h2-11H,1H3. The largest absolute Gasteiger partial charge is 0.287 e. The fraction of sp³-hybridized carbons (Fsp3) is 0.0625. The smallest absolute Gasteiger partial charge is 0.213 e. The molecule has 5 heteroatoms. The van der Waals surface area contributed by atoms with E-state index in [1.165, 1.54) is 6.20 Å². The van der Waals surface area contributed by atoms with Crippen molar-refractivity contribution in [2.24, 2.45) is 0 Å². The highest BCUT2D eigenvalue weighted by Gasteiger charge is 2.16. The summed E-state index contributed by atoms with van der Waals surface area (Å²) in [4.78, 5) is 13.7. The van der Waals surface area contributed by atoms with Crippen molar-refractivity contribution in [2.75, 3.05) is 6.26 Å². The monoisotopic (exact) mass is 295 g/mol. The highest BCUT2D eigenvalue weighted by atomic mass is 32.2. The maximum atomic E-state index is 12.6. The molecule has 0 bridgehead atoms. The van der Waals surface area contributed by atoms with E-state index in [-0.39, 0.29) is 5.78 Å². The third-order valence-corrected chi connectivity index (χ3v) is 3.88. The van der Waals surface area contributed by atoms with E-state index in [9.17, 15) is 4.79 Å². The van der Waals surface area contributed by atoms with Gasteiger partial charge in [0.1, 0.15) is 5.69 Å². The number of thioether (sulfide) groups is 1. The van der Waals surface area contributed by atoms with Crippen molar-refractivity contribution in [3.8, 4) is 5.69 Å². The average Bonchev–Trinajstić information content (AvgIpc) is 3.04. The Kier molecular flexibility index (Phi) is 3.83. The van der Waals surface area contributed by atoms with Crippen LogP contribution in [-0.2, 0) is 0 Å². The van der Waals surface area contributed by atoms with E-state index in [0.29, 0.717) is 11.3 Å². The van der Waals surface area contributed by atoms with Crippen molar-refractivity contribution in [1.29, 1.82) is 0 Å². The lowest BCUT2D eigenvalue weighted by molar-refractivity contribution is 0.103. The van der Waals surface area contributed by atoms with Crippen LogP contribution in [0.4, 0.5) is 0 Å². The van der Waals surface area contributed by atoms with Crippen LogP contribution in [0, 0.1) is 0 Å². The van der Waals surface area contributed by atoms with Crippen molar-refractivity contribution >= 4 is 17.5 Å². The fourth-order valence-corrected chi connectivity index (χ4v) is 2.45. The molecule has 2 aromatic carbocycles. The van der Waals surface area contributed by atoms with E-state index in [0.717, 1.165) is 10.6 Å². The number of carbonyl (C=O) groups excluding carboxylic acids is 1. The molecule has 3 rings (SSSR count). The van der Waals surface area contributed by atoms with Gasteiger partial charge in [-0.15, -0.1) is 16.9 Å². The molecule has 0 N–H and O–H groups in total. The van der Waals surface area contributed by atoms with E-state index in [4.69, 9.17) is 0 Å². The lowest BCUT2D eigenvalue weighted by Crippen LogP contribution is -2.09. The summed E-state index contributed by atoms with van der Waals surface area (Å²) < 4.78 is 1.56. The lowest BCUT2D eigenvalue weighted by atomic mass is 10.1. The second-order valence-electron chi connectivity index (χ2n) is 4.42. The van der Waals surface area contributed by atoms with E-state index in [2.05, 4.69) is 10.3 Å². The molecule has 0 unspecified atom stereocenters. The molecule has 0 radical (unpaired) electrons. The number of benzene rings is 2. The molecule has 0 spiro atoms. The quantitative estimate of drug-likeness (QED) is 0.548. The van der Waals surface area contributed by atoms with Crippen LogP contribution < -0.4 is 0 Å². The van der Waals surface area contributed by atoms with Gasteiger partial charge >= 0.3 is 0 Å². The number of nitrogens with zero attached hydrogens (tertiary/aromatic N) is 3. The summed E-state index contributed by atoms with van der Waals surface area (Å²) in [5.41, 5.74) is 1.91. The maximum Gasteiger partial charge on any atom is 0.213 e. The van der Waals surface area contributed by atoms with E-state index < -0.39 is 0 Å². The fourth-order valence-electron chi connectivity index (χ4n) is 2.04. The van der Waals surface area contributed by atoms with Crippen molar-refractivity contribution in [1.82, 2.24) is 15.0 Å². The third kappa shape index (κ3) is 2.73. The van der Waals surface area contributed by atoms with Gasteiger partial charge in [0, 0.05) is 10.5 Å². The second kappa shape index (κ2) is 5.93. The van der Waals surface area contributed by atoms with Gasteiger partial charge in [0.25, 0.3) is 0 Å². The zero-order valence-electron chi connectivity index (χ0n) is 11.4. The molecule has 0 aliphatic rings. The van der Waals surface area contributed by atoms with Gasteiger partial charge in [-0.1, -0.05) is 23.4 Å². The summed E-state index contributed by atoms with van der Waals surface area (Å²) in [5.74, 6) is -0.0866. The molecule has 104 valence electrons. The molecule has 0 aliphatic heterocycles. The normalized spacial score (nSPS) is 10.5. The molecule has 0 aliphatic carbocycles. The minimum atomic E-state index is -0.0866. The van der Waals surface area contributed by atoms with Crippen molar-refractivity contribution in [3.05, 3.63) is 72.1 Å². The number of hydrogen-bond donors (Lipinski definition) is 0. The van der Waals surface area contributed by atoms with E-state index in [1.807, 2.05) is 60.9 Å².